The van der Waals surface area contributed by atoms with Gasteiger partial charge in [-0.1, -0.05) is 5.16 Å². The summed E-state index contributed by atoms with van der Waals surface area (Å²) in [5, 5.41) is 5.86. The van der Waals surface area contributed by atoms with Gasteiger partial charge in [-0.2, -0.15) is 0 Å². The highest BCUT2D eigenvalue weighted by Crippen LogP contribution is 2.04. The predicted octanol–water partition coefficient (Wildman–Crippen LogP) is 0.624. The number of carbonyl (C=O) groups is 2. The molecule has 3 amide bonds. The minimum Gasteiger partial charge on any atom is -0.449 e. The van der Waals surface area contributed by atoms with Crippen LogP contribution >= 0.6 is 0 Å². The third-order valence-corrected chi connectivity index (χ3v) is 1.76. The van der Waals surface area contributed by atoms with Crippen LogP contribution in [0.4, 0.5) is 15.4 Å². The van der Waals surface area contributed by atoms with Gasteiger partial charge in [0.15, 0.2) is 5.82 Å². The first-order valence-electron chi connectivity index (χ1n) is 5.04. The second kappa shape index (κ2) is 6.48. The minimum absolute atomic E-state index is 0.0581. The molecule has 0 spiro atoms. The number of aromatic nitrogens is 1. The summed E-state index contributed by atoms with van der Waals surface area (Å²) in [6.07, 6.45) is 0.548. The highest BCUT2D eigenvalue weighted by molar-refractivity contribution is 5.98. The second-order valence-electron chi connectivity index (χ2n) is 2.95. The Hall–Kier alpha value is -2.09. The number of urea groups is 1. The number of nitrogens with one attached hydrogen (secondary N) is 1. The fraction of sp³-hybridized carbons (Fsp3) is 0.444. The van der Waals surface area contributed by atoms with Crippen LogP contribution in [0.15, 0.2) is 16.9 Å². The molecule has 17 heavy (non-hydrogen) atoms. The molecular formula is C9H14N4O4. The summed E-state index contributed by atoms with van der Waals surface area (Å²) in [6.45, 7) is 2.03. The van der Waals surface area contributed by atoms with Gasteiger partial charge in [0.05, 0.1) is 6.61 Å². The van der Waals surface area contributed by atoms with Crippen LogP contribution in [0.2, 0.25) is 0 Å². The smallest absolute Gasteiger partial charge is 0.418 e. The van der Waals surface area contributed by atoms with Gasteiger partial charge in [-0.25, -0.2) is 14.5 Å². The van der Waals surface area contributed by atoms with E-state index in [4.69, 9.17) is 10.5 Å². The molecule has 0 saturated carbocycles. The molecule has 0 aromatic carbocycles. The van der Waals surface area contributed by atoms with E-state index in [0.29, 0.717) is 0 Å². The Kier molecular flexibility index (Phi) is 4.95. The molecule has 0 saturated heterocycles. The average molecular weight is 242 g/mol. The zero-order valence-electron chi connectivity index (χ0n) is 9.38. The van der Waals surface area contributed by atoms with Crippen LogP contribution in [-0.4, -0.2) is 41.9 Å². The second-order valence-corrected chi connectivity index (χ2v) is 2.95. The first-order valence-corrected chi connectivity index (χ1v) is 5.04. The number of rotatable bonds is 4. The molecule has 0 radical (unpaired) electrons. The average Bonchev–Trinajstić information content (AvgIpc) is 2.78. The van der Waals surface area contributed by atoms with Crippen molar-refractivity contribution >= 4 is 17.9 Å². The van der Waals surface area contributed by atoms with Gasteiger partial charge in [-0.3, -0.25) is 5.32 Å². The maximum atomic E-state index is 11.7. The number of nitrogens with two attached hydrogens (primary N) is 1. The van der Waals surface area contributed by atoms with Crippen molar-refractivity contribution in [3.8, 4) is 0 Å². The van der Waals surface area contributed by atoms with Crippen molar-refractivity contribution in [3.63, 3.8) is 0 Å². The predicted molar refractivity (Wildman–Crippen MR) is 58.3 cm³/mol. The van der Waals surface area contributed by atoms with Crippen molar-refractivity contribution in [1.82, 2.24) is 10.1 Å². The molecule has 0 aliphatic rings. The largest absolute Gasteiger partial charge is 0.449 e. The van der Waals surface area contributed by atoms with Gasteiger partial charge in [0.2, 0.25) is 0 Å². The SMILES string of the molecule is CCOC(=O)N(CCN)C(=O)Nc1ccon1. The third-order valence-electron chi connectivity index (χ3n) is 1.76. The van der Waals surface area contributed by atoms with Crippen molar-refractivity contribution in [2.24, 2.45) is 5.73 Å². The van der Waals surface area contributed by atoms with E-state index in [9.17, 15) is 9.59 Å². The van der Waals surface area contributed by atoms with Gasteiger partial charge in [-0.05, 0) is 6.92 Å². The zero-order valence-corrected chi connectivity index (χ0v) is 9.38. The van der Waals surface area contributed by atoms with Gasteiger partial charge in [0.1, 0.15) is 6.26 Å². The number of anilines is 1. The summed E-state index contributed by atoms with van der Waals surface area (Å²) in [5.74, 6) is 0.210. The maximum absolute atomic E-state index is 11.7. The van der Waals surface area contributed by atoms with Crippen LogP contribution in [0.5, 0.6) is 0 Å². The van der Waals surface area contributed by atoms with Crippen molar-refractivity contribution in [1.29, 1.82) is 0 Å². The Morgan fingerprint density at radius 1 is 1.65 bits per heavy atom. The molecule has 8 nitrogen and oxygen atoms in total. The number of hydrogen-bond acceptors (Lipinski definition) is 6. The lowest BCUT2D eigenvalue weighted by Crippen LogP contribution is -2.43. The Morgan fingerprint density at radius 3 is 2.94 bits per heavy atom. The Bertz CT molecular complexity index is 365. The van der Waals surface area contributed by atoms with Crippen LogP contribution in [0, 0.1) is 0 Å². The number of nitrogens with zero attached hydrogens (tertiary/aromatic N) is 2. The summed E-state index contributed by atoms with van der Waals surface area (Å²) in [5.41, 5.74) is 5.31. The molecule has 0 bridgehead atoms. The maximum Gasteiger partial charge on any atom is 0.418 e. The molecule has 0 aliphatic carbocycles. The topological polar surface area (TPSA) is 111 Å². The first-order chi connectivity index (χ1) is 8.19. The number of amides is 3. The zero-order chi connectivity index (χ0) is 12.7. The molecule has 94 valence electrons. The van der Waals surface area contributed by atoms with E-state index in [2.05, 4.69) is 15.0 Å². The Labute approximate surface area is 97.7 Å². The highest BCUT2D eigenvalue weighted by Gasteiger charge is 2.22. The molecule has 0 atom stereocenters. The molecule has 1 rings (SSSR count). The van der Waals surface area contributed by atoms with Crippen LogP contribution in [0.1, 0.15) is 6.92 Å². The molecular weight excluding hydrogens is 228 g/mol. The summed E-state index contributed by atoms with van der Waals surface area (Å²) in [6, 6.07) is 0.784. The van der Waals surface area contributed by atoms with Crippen LogP contribution in [-0.2, 0) is 4.74 Å². The Morgan fingerprint density at radius 2 is 2.41 bits per heavy atom. The lowest BCUT2D eigenvalue weighted by atomic mass is 10.5. The van der Waals surface area contributed by atoms with E-state index in [1.54, 1.807) is 6.92 Å². The lowest BCUT2D eigenvalue weighted by molar-refractivity contribution is 0.118. The molecule has 0 unspecified atom stereocenters. The Balaban J connectivity index is 2.63. The van der Waals surface area contributed by atoms with Crippen LogP contribution in [0.25, 0.3) is 0 Å². The van der Waals surface area contributed by atoms with Gasteiger partial charge in [-0.15, -0.1) is 0 Å². The molecule has 8 heteroatoms. The van der Waals surface area contributed by atoms with Crippen molar-refractivity contribution in [2.45, 2.75) is 6.92 Å². The number of carbonyl (C=O) groups excluding carboxylic acids is 2. The van der Waals surface area contributed by atoms with E-state index in [-0.39, 0.29) is 25.5 Å². The first kappa shape index (κ1) is 13.0. The summed E-state index contributed by atoms with van der Waals surface area (Å²) in [7, 11) is 0. The quantitative estimate of drug-likeness (QED) is 0.800. The molecule has 0 aliphatic heterocycles. The molecule has 1 heterocycles. The highest BCUT2D eigenvalue weighted by atomic mass is 16.6. The summed E-state index contributed by atoms with van der Waals surface area (Å²) in [4.78, 5) is 24.0. The third kappa shape index (κ3) is 3.76. The van der Waals surface area contributed by atoms with Gasteiger partial charge >= 0.3 is 12.1 Å². The number of imide groups is 1. The monoisotopic (exact) mass is 242 g/mol. The van der Waals surface area contributed by atoms with E-state index < -0.39 is 12.1 Å². The summed E-state index contributed by atoms with van der Waals surface area (Å²) >= 11 is 0. The molecule has 1 aromatic heterocycles. The van der Waals surface area contributed by atoms with E-state index >= 15 is 0 Å². The van der Waals surface area contributed by atoms with Crippen molar-refractivity contribution < 1.29 is 18.8 Å². The van der Waals surface area contributed by atoms with E-state index in [1.807, 2.05) is 0 Å². The van der Waals surface area contributed by atoms with Crippen molar-refractivity contribution in [2.75, 3.05) is 25.0 Å². The minimum atomic E-state index is -0.751. The van der Waals surface area contributed by atoms with Gasteiger partial charge in [0.25, 0.3) is 0 Å². The van der Waals surface area contributed by atoms with E-state index in [1.165, 1.54) is 12.3 Å². The number of ether oxygens (including phenoxy) is 1. The van der Waals surface area contributed by atoms with Crippen molar-refractivity contribution in [3.05, 3.63) is 12.3 Å². The molecule has 3 N–H and O–H groups in total. The molecule has 0 fully saturated rings. The standard InChI is InChI=1S/C9H14N4O4/c1-2-16-9(15)13(5-4-10)8(14)11-7-3-6-17-12-7/h3,6H,2,4-5,10H2,1H3,(H,11,12,14). The van der Waals surface area contributed by atoms with Crippen LogP contribution in [0.3, 0.4) is 0 Å². The molecule has 1 aromatic rings. The van der Waals surface area contributed by atoms with Gasteiger partial charge < -0.3 is 15.0 Å². The summed E-state index contributed by atoms with van der Waals surface area (Å²) < 4.78 is 9.26. The lowest BCUT2D eigenvalue weighted by Gasteiger charge is -2.18. The fourth-order valence-electron chi connectivity index (χ4n) is 1.06. The number of hydrogen-bond donors (Lipinski definition) is 2. The normalized spacial score (nSPS) is 9.76. The van der Waals surface area contributed by atoms with Gasteiger partial charge in [0, 0.05) is 19.2 Å². The van der Waals surface area contributed by atoms with E-state index in [0.717, 1.165) is 4.90 Å². The van der Waals surface area contributed by atoms with Crippen LogP contribution < -0.4 is 11.1 Å². The fourth-order valence-corrected chi connectivity index (χ4v) is 1.06.